The first-order chi connectivity index (χ1) is 14.5. The van der Waals surface area contributed by atoms with Gasteiger partial charge in [0.25, 0.3) is 0 Å². The highest BCUT2D eigenvalue weighted by Gasteiger charge is 2.18. The maximum absolute atomic E-state index is 6.11. The Morgan fingerprint density at radius 2 is 1.97 bits per heavy atom. The van der Waals surface area contributed by atoms with E-state index >= 15 is 0 Å². The summed E-state index contributed by atoms with van der Waals surface area (Å²) < 4.78 is 10.8. The number of nitrogens with one attached hydrogen (secondary N) is 1. The highest BCUT2D eigenvalue weighted by Crippen LogP contribution is 2.35. The van der Waals surface area contributed by atoms with Gasteiger partial charge in [-0.05, 0) is 43.2 Å². The van der Waals surface area contributed by atoms with Crippen LogP contribution in [0.3, 0.4) is 0 Å². The van der Waals surface area contributed by atoms with Gasteiger partial charge in [-0.25, -0.2) is 0 Å². The normalized spacial score (nSPS) is 15.3. The molecule has 0 amide bonds. The first-order valence-electron chi connectivity index (χ1n) is 10.1. The minimum Gasteiger partial charge on any atom is -0.389 e. The molecule has 1 fully saturated rings. The Balaban J connectivity index is 1.65. The molecule has 0 radical (unpaired) electrons. The van der Waals surface area contributed by atoms with Crippen LogP contribution in [0.4, 0.5) is 0 Å². The number of aromatic nitrogens is 2. The minimum atomic E-state index is 0.369. The molecule has 0 bridgehead atoms. The Morgan fingerprint density at radius 1 is 1.17 bits per heavy atom. The molecule has 2 aromatic heterocycles. The summed E-state index contributed by atoms with van der Waals surface area (Å²) in [5.41, 5.74) is 13.1. The van der Waals surface area contributed by atoms with Crippen molar-refractivity contribution in [1.29, 1.82) is 0 Å². The van der Waals surface area contributed by atoms with Crippen molar-refractivity contribution < 1.29 is 9.26 Å². The first-order valence-corrected chi connectivity index (χ1v) is 10.5. The van der Waals surface area contributed by atoms with Gasteiger partial charge in [0, 0.05) is 47.1 Å². The Morgan fingerprint density at radius 3 is 2.67 bits per heavy atom. The summed E-state index contributed by atoms with van der Waals surface area (Å²) in [6, 6.07) is 10.8. The zero-order valence-electron chi connectivity index (χ0n) is 17.1. The van der Waals surface area contributed by atoms with Gasteiger partial charge in [-0.1, -0.05) is 29.5 Å². The third kappa shape index (κ3) is 3.29. The van der Waals surface area contributed by atoms with Gasteiger partial charge < -0.3 is 20.0 Å². The molecule has 7 heteroatoms. The number of H-pyrrole nitrogens is 1. The number of nitrogens with zero attached hydrogens (tertiary/aromatic N) is 2. The lowest BCUT2D eigenvalue weighted by Crippen LogP contribution is -2.35. The predicted molar refractivity (Wildman–Crippen MR) is 123 cm³/mol. The van der Waals surface area contributed by atoms with E-state index in [0.717, 1.165) is 82.8 Å². The van der Waals surface area contributed by atoms with E-state index in [1.807, 2.05) is 19.9 Å². The molecule has 0 aliphatic carbocycles. The van der Waals surface area contributed by atoms with Gasteiger partial charge in [0.15, 0.2) is 0 Å². The van der Waals surface area contributed by atoms with Crippen molar-refractivity contribution >= 4 is 39.0 Å². The first kappa shape index (κ1) is 19.2. The van der Waals surface area contributed by atoms with Gasteiger partial charge in [0.1, 0.15) is 10.7 Å². The molecule has 0 atom stereocenters. The average Bonchev–Trinajstić information content (AvgIpc) is 3.26. The van der Waals surface area contributed by atoms with Gasteiger partial charge in [0.2, 0.25) is 0 Å². The molecule has 0 unspecified atom stereocenters. The summed E-state index contributed by atoms with van der Waals surface area (Å²) in [5, 5.41) is 6.36. The topological polar surface area (TPSA) is 80.3 Å². The second-order valence-electron chi connectivity index (χ2n) is 7.90. The molecule has 3 heterocycles. The molecule has 3 N–H and O–H groups in total. The molecular formula is C23H24N4O2S. The van der Waals surface area contributed by atoms with E-state index < -0.39 is 0 Å². The van der Waals surface area contributed by atoms with Crippen molar-refractivity contribution in [2.75, 3.05) is 26.3 Å². The lowest BCUT2D eigenvalue weighted by molar-refractivity contribution is 0.0342. The Labute approximate surface area is 180 Å². The summed E-state index contributed by atoms with van der Waals surface area (Å²) in [6.45, 7) is 8.33. The lowest BCUT2D eigenvalue weighted by atomic mass is 9.98. The minimum absolute atomic E-state index is 0.369. The number of hydrogen-bond acceptors (Lipinski definition) is 5. The van der Waals surface area contributed by atoms with Crippen LogP contribution >= 0.6 is 12.2 Å². The van der Waals surface area contributed by atoms with Crippen molar-refractivity contribution in [3.63, 3.8) is 0 Å². The van der Waals surface area contributed by atoms with E-state index in [4.69, 9.17) is 27.2 Å². The average molecular weight is 421 g/mol. The number of rotatable bonds is 4. The number of thiocarbonyl (C=S) groups is 1. The maximum atomic E-state index is 6.11. The fourth-order valence-electron chi connectivity index (χ4n) is 4.40. The highest BCUT2D eigenvalue weighted by molar-refractivity contribution is 7.80. The maximum Gasteiger partial charge on any atom is 0.141 e. The molecule has 1 saturated heterocycles. The summed E-state index contributed by atoms with van der Waals surface area (Å²) in [6.07, 6.45) is 0. The number of nitrogens with two attached hydrogens (primary N) is 1. The van der Waals surface area contributed by atoms with Crippen LogP contribution in [-0.2, 0) is 11.3 Å². The number of aryl methyl sites for hydroxylation is 2. The second-order valence-corrected chi connectivity index (χ2v) is 8.34. The van der Waals surface area contributed by atoms with Crippen LogP contribution in [0.5, 0.6) is 0 Å². The molecule has 6 nitrogen and oxygen atoms in total. The number of fused-ring (bicyclic) bond motifs is 3. The molecule has 1 aliphatic rings. The van der Waals surface area contributed by atoms with Crippen molar-refractivity contribution in [3.05, 3.63) is 52.9 Å². The fraction of sp³-hybridized carbons (Fsp3) is 0.304. The van der Waals surface area contributed by atoms with Gasteiger partial charge in [-0.15, -0.1) is 0 Å². The molecule has 30 heavy (non-hydrogen) atoms. The predicted octanol–water partition coefficient (Wildman–Crippen LogP) is 4.06. The standard InChI is InChI=1S/C23H24N4O2S/c1-13-21(14(2)29-26-13)16-10-18-17-4-3-15(12-27-5-7-28-8-6-27)9-20(17)25-22(18)19(11-16)23(24)30/h3-4,9-11,25H,5-8,12H2,1-2H3,(H2,24,30). The van der Waals surface area contributed by atoms with Crippen LogP contribution in [-0.4, -0.2) is 46.3 Å². The SMILES string of the molecule is Cc1noc(C)c1-c1cc(C(N)=S)c2[nH]c3cc(CN4CCOCC4)ccc3c2c1. The smallest absolute Gasteiger partial charge is 0.141 e. The van der Waals surface area contributed by atoms with Crippen LogP contribution < -0.4 is 5.73 Å². The zero-order valence-corrected chi connectivity index (χ0v) is 17.9. The largest absolute Gasteiger partial charge is 0.389 e. The van der Waals surface area contributed by atoms with E-state index in [1.54, 1.807) is 0 Å². The Kier molecular flexibility index (Phi) is 4.81. The van der Waals surface area contributed by atoms with Gasteiger partial charge in [-0.3, -0.25) is 4.90 Å². The third-order valence-corrected chi connectivity index (χ3v) is 6.09. The summed E-state index contributed by atoms with van der Waals surface area (Å²) in [7, 11) is 0. The zero-order chi connectivity index (χ0) is 20.8. The number of ether oxygens (including phenoxy) is 1. The molecule has 154 valence electrons. The molecule has 4 aromatic rings. The van der Waals surface area contributed by atoms with E-state index in [-0.39, 0.29) is 0 Å². The molecular weight excluding hydrogens is 396 g/mol. The fourth-order valence-corrected chi connectivity index (χ4v) is 4.56. The summed E-state index contributed by atoms with van der Waals surface area (Å²) in [5.74, 6) is 0.786. The van der Waals surface area contributed by atoms with Crippen molar-refractivity contribution in [1.82, 2.24) is 15.0 Å². The van der Waals surface area contributed by atoms with Gasteiger partial charge in [0.05, 0.1) is 24.4 Å². The van der Waals surface area contributed by atoms with Gasteiger partial charge >= 0.3 is 0 Å². The Hall–Kier alpha value is -2.74. The lowest BCUT2D eigenvalue weighted by Gasteiger charge is -2.26. The highest BCUT2D eigenvalue weighted by atomic mass is 32.1. The Bertz CT molecular complexity index is 1250. The van der Waals surface area contributed by atoms with E-state index in [2.05, 4.69) is 39.3 Å². The van der Waals surface area contributed by atoms with Crippen molar-refractivity contribution in [3.8, 4) is 11.1 Å². The van der Waals surface area contributed by atoms with E-state index in [0.29, 0.717) is 4.99 Å². The van der Waals surface area contributed by atoms with Crippen molar-refractivity contribution in [2.45, 2.75) is 20.4 Å². The van der Waals surface area contributed by atoms with Crippen LogP contribution in [0.15, 0.2) is 34.9 Å². The third-order valence-electron chi connectivity index (χ3n) is 5.87. The van der Waals surface area contributed by atoms with Crippen molar-refractivity contribution in [2.24, 2.45) is 5.73 Å². The van der Waals surface area contributed by atoms with Crippen LogP contribution in [0.2, 0.25) is 0 Å². The van der Waals surface area contributed by atoms with Gasteiger partial charge in [-0.2, -0.15) is 0 Å². The second kappa shape index (κ2) is 7.50. The summed E-state index contributed by atoms with van der Waals surface area (Å²) >= 11 is 5.38. The molecule has 5 rings (SSSR count). The van der Waals surface area contributed by atoms with Crippen LogP contribution in [0.1, 0.15) is 22.6 Å². The molecule has 1 aliphatic heterocycles. The monoisotopic (exact) mass is 420 g/mol. The van der Waals surface area contributed by atoms with Crippen LogP contribution in [0, 0.1) is 13.8 Å². The number of hydrogen-bond donors (Lipinski definition) is 2. The van der Waals surface area contributed by atoms with E-state index in [1.165, 1.54) is 5.56 Å². The number of benzene rings is 2. The van der Waals surface area contributed by atoms with E-state index in [9.17, 15) is 0 Å². The quantitative estimate of drug-likeness (QED) is 0.485. The number of morpholine rings is 1. The molecule has 0 saturated carbocycles. The summed E-state index contributed by atoms with van der Waals surface area (Å²) in [4.78, 5) is 6.35. The van der Waals surface area contributed by atoms with Crippen LogP contribution in [0.25, 0.3) is 32.9 Å². The molecule has 2 aromatic carbocycles. The molecule has 0 spiro atoms. The number of aromatic amines is 1.